The second-order valence-electron chi connectivity index (χ2n) is 9.37. The van der Waals surface area contributed by atoms with Crippen molar-refractivity contribution in [2.75, 3.05) is 21.3 Å². The summed E-state index contributed by atoms with van der Waals surface area (Å²) in [5.41, 5.74) is 7.52. The number of Topliss-reactive ketones (excluding diaryl/α,β-unsaturated/α-hetero) is 1. The predicted octanol–water partition coefficient (Wildman–Crippen LogP) is 7.20. The molecule has 15 heteroatoms. The maximum Gasteiger partial charge on any atom is 0.296 e. The fourth-order valence-corrected chi connectivity index (χ4v) is 5.10. The average molecular weight is 624 g/mol. The zero-order chi connectivity index (χ0) is 31.3. The van der Waals surface area contributed by atoms with Crippen molar-refractivity contribution in [1.82, 2.24) is 10.4 Å². The van der Waals surface area contributed by atoms with Crippen LogP contribution in [-0.2, 0) is 0 Å². The Morgan fingerprint density at radius 2 is 1.77 bits per heavy atom. The molecule has 1 aromatic heterocycles. The number of allylic oxidation sites excluding steroid dienone is 1. The van der Waals surface area contributed by atoms with Crippen molar-refractivity contribution in [3.8, 4) is 0 Å². The summed E-state index contributed by atoms with van der Waals surface area (Å²) in [4.78, 5) is 29.0. The van der Waals surface area contributed by atoms with Gasteiger partial charge < -0.3 is 31.4 Å². The Balaban J connectivity index is 1.63. The van der Waals surface area contributed by atoms with E-state index < -0.39 is 33.2 Å². The van der Waals surface area contributed by atoms with Crippen LogP contribution in [0.1, 0.15) is 32.9 Å². The summed E-state index contributed by atoms with van der Waals surface area (Å²) >= 11 is 7.33. The number of halogens is 1. The highest BCUT2D eigenvalue weighted by molar-refractivity contribution is 7.17. The molecule has 0 aliphatic heterocycles. The van der Waals surface area contributed by atoms with Crippen molar-refractivity contribution in [3.05, 3.63) is 119 Å². The average Bonchev–Trinajstić information content (AvgIpc) is 3.33. The zero-order valence-corrected chi connectivity index (χ0v) is 24.7. The Bertz CT molecular complexity index is 1710. The number of hydrazine groups is 1. The Kier molecular flexibility index (Phi) is 9.67. The maximum absolute atomic E-state index is 13.5. The lowest BCUT2D eigenvalue weighted by Gasteiger charge is -2.37. The monoisotopic (exact) mass is 623 g/mol. The van der Waals surface area contributed by atoms with Gasteiger partial charge in [0, 0.05) is 17.4 Å². The summed E-state index contributed by atoms with van der Waals surface area (Å²) in [6.07, 6.45) is -0.369. The van der Waals surface area contributed by atoms with Gasteiger partial charge in [0.15, 0.2) is 10.9 Å². The third-order valence-corrected chi connectivity index (χ3v) is 7.60. The van der Waals surface area contributed by atoms with Crippen molar-refractivity contribution < 1.29 is 14.8 Å². The molecule has 0 bridgehead atoms. The fraction of sp³-hybridized carbons (Fsp3) is 0.143. The number of hydrogen-bond acceptors (Lipinski definition) is 13. The van der Waals surface area contributed by atoms with Crippen molar-refractivity contribution >= 4 is 62.3 Å². The van der Waals surface area contributed by atoms with Crippen molar-refractivity contribution in [1.29, 1.82) is 0 Å². The number of anilines is 5. The molecule has 13 nitrogen and oxygen atoms in total. The molecule has 1 heterocycles. The van der Waals surface area contributed by atoms with Gasteiger partial charge in [0.2, 0.25) is 5.88 Å². The minimum Gasteiger partial charge on any atom is -0.769 e. The van der Waals surface area contributed by atoms with Crippen LogP contribution in [-0.4, -0.2) is 20.8 Å². The molecule has 3 aromatic carbocycles. The van der Waals surface area contributed by atoms with Crippen molar-refractivity contribution in [2.45, 2.75) is 27.2 Å². The first-order valence-corrected chi connectivity index (χ1v) is 13.9. The number of carbonyl (C=O) groups is 1. The number of hydrogen-bond donors (Lipinski definition) is 5. The number of para-hydroxylation sites is 1. The van der Waals surface area contributed by atoms with Crippen LogP contribution in [0.15, 0.2) is 72.2 Å². The molecule has 0 aliphatic rings. The second kappa shape index (κ2) is 13.4. The molecule has 0 spiro atoms. The molecule has 0 fully saturated rings. The Labute approximate surface area is 255 Å². The SMILES string of the molecule is Cc1ccc(NC(O)=C(CC(=O)c2sc(Nc3ccccc3Cl)nc2C)NNc2ccc(N([O-])[O-])cc2[N+](=O)[O-])c(C)c1. The Hall–Kier alpha value is -4.89. The number of nitro benzene ring substituents is 1. The third-order valence-electron chi connectivity index (χ3n) is 6.16. The topological polar surface area (TPSA) is 191 Å². The van der Waals surface area contributed by atoms with Crippen molar-refractivity contribution in [2.24, 2.45) is 0 Å². The zero-order valence-electron chi connectivity index (χ0n) is 23.1. The number of rotatable bonds is 12. The number of aromatic nitrogens is 1. The molecule has 0 saturated carbocycles. The van der Waals surface area contributed by atoms with Gasteiger partial charge in [-0.3, -0.25) is 25.8 Å². The quantitative estimate of drug-likeness (QED) is 0.0462. The molecule has 224 valence electrons. The minimum atomic E-state index is -0.784. The molecule has 4 aromatic rings. The molecular weight excluding hydrogens is 598 g/mol. The van der Waals surface area contributed by atoms with Gasteiger partial charge in [-0.05, 0) is 56.7 Å². The first kappa shape index (κ1) is 31.1. The van der Waals surface area contributed by atoms with Crippen LogP contribution in [0.3, 0.4) is 0 Å². The van der Waals surface area contributed by atoms with Gasteiger partial charge in [-0.15, -0.1) is 0 Å². The summed E-state index contributed by atoms with van der Waals surface area (Å²) in [7, 11) is 0. The van der Waals surface area contributed by atoms with E-state index in [4.69, 9.17) is 11.6 Å². The lowest BCUT2D eigenvalue weighted by Crippen LogP contribution is -2.26. The normalized spacial score (nSPS) is 11.4. The van der Waals surface area contributed by atoms with Gasteiger partial charge in [0.25, 0.3) is 5.69 Å². The standard InChI is InChI=1S/C28H26ClN7O6S/c1-15-8-10-20(16(2)12-15)31-27(38)23(34-33-22-11-9-18(35(39)40)13-24(22)36(41)42)14-25(37)26-17(3)30-28(43-26)32-21-7-5-4-6-19(21)29/h4-13,31,33-34,38H,14H2,1-3H3,(H,30,32)/q-2. The predicted molar refractivity (Wildman–Crippen MR) is 169 cm³/mol. The van der Waals surface area contributed by atoms with Crippen LogP contribution in [0.2, 0.25) is 5.02 Å². The summed E-state index contributed by atoms with van der Waals surface area (Å²) in [6.45, 7) is 5.43. The molecule has 0 atom stereocenters. The van der Waals surface area contributed by atoms with E-state index in [1.54, 1.807) is 37.3 Å². The maximum atomic E-state index is 13.5. The summed E-state index contributed by atoms with van der Waals surface area (Å²) in [5, 5.41) is 51.0. The molecule has 4 rings (SSSR count). The molecule has 0 radical (unpaired) electrons. The first-order chi connectivity index (χ1) is 20.4. The van der Waals surface area contributed by atoms with Crippen LogP contribution in [0.5, 0.6) is 0 Å². The Morgan fingerprint density at radius 1 is 1.05 bits per heavy atom. The summed E-state index contributed by atoms with van der Waals surface area (Å²) in [5.74, 6) is -0.826. The van der Waals surface area contributed by atoms with E-state index >= 15 is 0 Å². The van der Waals surface area contributed by atoms with E-state index in [-0.39, 0.29) is 17.8 Å². The first-order valence-electron chi connectivity index (χ1n) is 12.7. The summed E-state index contributed by atoms with van der Waals surface area (Å²) in [6, 6.07) is 15.6. The minimum absolute atomic E-state index is 0.0500. The highest BCUT2D eigenvalue weighted by Crippen LogP contribution is 2.32. The highest BCUT2D eigenvalue weighted by Gasteiger charge is 2.21. The van der Waals surface area contributed by atoms with Crippen LogP contribution >= 0.6 is 22.9 Å². The lowest BCUT2D eigenvalue weighted by molar-refractivity contribution is -0.383. The highest BCUT2D eigenvalue weighted by atomic mass is 35.5. The van der Waals surface area contributed by atoms with Gasteiger partial charge >= 0.3 is 0 Å². The number of ketones is 1. The number of nitrogens with one attached hydrogen (secondary N) is 4. The number of carbonyl (C=O) groups excluding carboxylic acids is 1. The smallest absolute Gasteiger partial charge is 0.296 e. The van der Waals surface area contributed by atoms with E-state index in [9.17, 15) is 30.4 Å². The second-order valence-corrected chi connectivity index (χ2v) is 10.8. The van der Waals surface area contributed by atoms with Gasteiger partial charge in [0.05, 0.1) is 38.3 Å². The van der Waals surface area contributed by atoms with E-state index in [1.165, 1.54) is 0 Å². The number of thiazole rings is 1. The van der Waals surface area contributed by atoms with Gasteiger partial charge in [-0.1, -0.05) is 52.8 Å². The molecule has 0 saturated heterocycles. The molecule has 0 amide bonds. The van der Waals surface area contributed by atoms with Crippen LogP contribution in [0, 0.1) is 41.3 Å². The number of aliphatic hydroxyl groups is 1. The largest absolute Gasteiger partial charge is 0.769 e. The Morgan fingerprint density at radius 3 is 2.44 bits per heavy atom. The molecule has 43 heavy (non-hydrogen) atoms. The number of aliphatic hydroxyl groups excluding tert-OH is 1. The van der Waals surface area contributed by atoms with Crippen LogP contribution in [0.25, 0.3) is 0 Å². The molecule has 0 aliphatic carbocycles. The van der Waals surface area contributed by atoms with Gasteiger partial charge in [-0.25, -0.2) is 4.98 Å². The number of nitro groups is 1. The lowest BCUT2D eigenvalue weighted by atomic mass is 10.1. The number of aryl methyl sites for hydroxylation is 3. The van der Waals surface area contributed by atoms with E-state index in [0.717, 1.165) is 40.7 Å². The molecular formula is C28H26ClN7O6S-2. The van der Waals surface area contributed by atoms with E-state index in [1.807, 2.05) is 26.0 Å². The number of nitrogens with zero attached hydrogens (tertiary/aromatic N) is 3. The van der Waals surface area contributed by atoms with Crippen LogP contribution in [0.4, 0.5) is 33.6 Å². The van der Waals surface area contributed by atoms with Crippen molar-refractivity contribution in [3.63, 3.8) is 0 Å². The van der Waals surface area contributed by atoms with Gasteiger partial charge in [-0.2, -0.15) is 0 Å². The molecule has 0 unspecified atom stereocenters. The summed E-state index contributed by atoms with van der Waals surface area (Å²) < 4.78 is 0. The number of benzene rings is 3. The fourth-order valence-electron chi connectivity index (χ4n) is 4.00. The van der Waals surface area contributed by atoms with Gasteiger partial charge in [0.1, 0.15) is 5.69 Å². The van der Waals surface area contributed by atoms with E-state index in [0.29, 0.717) is 32.1 Å². The third kappa shape index (κ3) is 7.69. The van der Waals surface area contributed by atoms with E-state index in [2.05, 4.69) is 26.5 Å². The molecule has 5 N–H and O–H groups in total. The van der Waals surface area contributed by atoms with Crippen LogP contribution < -0.4 is 26.7 Å².